The Hall–Kier alpha value is -1.75. The molecular weight excluding hydrogens is 274 g/mol. The Morgan fingerprint density at radius 3 is 2.43 bits per heavy atom. The molecule has 2 aromatic rings. The molecule has 0 saturated carbocycles. The molecule has 0 radical (unpaired) electrons. The molecule has 0 aliphatic carbocycles. The highest BCUT2D eigenvalue weighted by molar-refractivity contribution is 5.79. The first-order chi connectivity index (χ1) is 10.2. The van der Waals surface area contributed by atoms with Crippen molar-refractivity contribution in [2.75, 3.05) is 19.6 Å². The first-order valence-corrected chi connectivity index (χ1v) is 7.37. The third-order valence-electron chi connectivity index (χ3n) is 4.13. The van der Waals surface area contributed by atoms with E-state index in [0.29, 0.717) is 18.5 Å². The average Bonchev–Trinajstić information content (AvgIpc) is 2.51. The lowest BCUT2D eigenvalue weighted by atomic mass is 10.1. The van der Waals surface area contributed by atoms with Gasteiger partial charge in [0.25, 0.3) is 5.56 Å². The van der Waals surface area contributed by atoms with Crippen LogP contribution in [0.1, 0.15) is 19.3 Å². The summed E-state index contributed by atoms with van der Waals surface area (Å²) in [6.07, 6.45) is 3.56. The molecular formula is C16H18F2N2O. The van der Waals surface area contributed by atoms with Gasteiger partial charge in [-0.1, -0.05) is 6.42 Å². The van der Waals surface area contributed by atoms with Crippen LogP contribution in [0.3, 0.4) is 0 Å². The Labute approximate surface area is 121 Å². The number of nitrogens with zero attached hydrogens (tertiary/aromatic N) is 2. The summed E-state index contributed by atoms with van der Waals surface area (Å²) < 4.78 is 28.9. The van der Waals surface area contributed by atoms with E-state index in [1.807, 2.05) is 0 Å². The molecule has 1 aromatic heterocycles. The molecule has 0 N–H and O–H groups in total. The van der Waals surface area contributed by atoms with Crippen LogP contribution >= 0.6 is 0 Å². The van der Waals surface area contributed by atoms with Crippen molar-refractivity contribution in [3.05, 3.63) is 46.3 Å². The SMILES string of the molecule is O=c1ccc2ccc(F)c(F)c2n1CCN1CCCCC1. The summed E-state index contributed by atoms with van der Waals surface area (Å²) in [6.45, 7) is 3.10. The minimum absolute atomic E-state index is 0.0690. The van der Waals surface area contributed by atoms with Crippen LogP contribution in [0, 0.1) is 11.6 Å². The fourth-order valence-corrected chi connectivity index (χ4v) is 2.97. The minimum atomic E-state index is -0.941. The van der Waals surface area contributed by atoms with Gasteiger partial charge in [0.15, 0.2) is 11.6 Å². The predicted octanol–water partition coefficient (Wildman–Crippen LogP) is 2.77. The molecule has 3 nitrogen and oxygen atoms in total. The molecule has 1 aliphatic rings. The van der Waals surface area contributed by atoms with Gasteiger partial charge in [-0.15, -0.1) is 0 Å². The highest BCUT2D eigenvalue weighted by atomic mass is 19.2. The summed E-state index contributed by atoms with van der Waals surface area (Å²) in [5, 5.41) is 0.548. The van der Waals surface area contributed by atoms with Crippen LogP contribution in [-0.2, 0) is 6.54 Å². The van der Waals surface area contributed by atoms with Gasteiger partial charge in [0.2, 0.25) is 0 Å². The van der Waals surface area contributed by atoms with E-state index >= 15 is 0 Å². The molecule has 2 heterocycles. The van der Waals surface area contributed by atoms with Crippen molar-refractivity contribution in [3.63, 3.8) is 0 Å². The first kappa shape index (κ1) is 14.2. The third-order valence-corrected chi connectivity index (χ3v) is 4.13. The fraction of sp³-hybridized carbons (Fsp3) is 0.438. The molecule has 1 fully saturated rings. The van der Waals surface area contributed by atoms with Crippen LogP contribution < -0.4 is 5.56 Å². The van der Waals surface area contributed by atoms with Crippen LogP contribution in [0.25, 0.3) is 10.9 Å². The Morgan fingerprint density at radius 1 is 0.952 bits per heavy atom. The van der Waals surface area contributed by atoms with Crippen molar-refractivity contribution in [2.24, 2.45) is 0 Å². The maximum absolute atomic E-state index is 14.1. The van der Waals surface area contributed by atoms with Gasteiger partial charge >= 0.3 is 0 Å². The van der Waals surface area contributed by atoms with Crippen molar-refractivity contribution >= 4 is 10.9 Å². The lowest BCUT2D eigenvalue weighted by Gasteiger charge is -2.26. The van der Waals surface area contributed by atoms with Crippen LogP contribution in [-0.4, -0.2) is 29.1 Å². The lowest BCUT2D eigenvalue weighted by Crippen LogP contribution is -2.34. The summed E-state index contributed by atoms with van der Waals surface area (Å²) in [4.78, 5) is 14.3. The number of piperidine rings is 1. The highest BCUT2D eigenvalue weighted by Crippen LogP contribution is 2.19. The highest BCUT2D eigenvalue weighted by Gasteiger charge is 2.14. The summed E-state index contributed by atoms with van der Waals surface area (Å²) in [5.41, 5.74) is -0.219. The second-order valence-electron chi connectivity index (χ2n) is 5.52. The molecule has 0 amide bonds. The average molecular weight is 292 g/mol. The molecule has 1 saturated heterocycles. The van der Waals surface area contributed by atoms with E-state index in [-0.39, 0.29) is 11.1 Å². The monoisotopic (exact) mass is 292 g/mol. The van der Waals surface area contributed by atoms with Gasteiger partial charge in [0.1, 0.15) is 0 Å². The van der Waals surface area contributed by atoms with Gasteiger partial charge in [-0.05, 0) is 44.1 Å². The van der Waals surface area contributed by atoms with Gasteiger partial charge in [-0.3, -0.25) is 4.79 Å². The number of hydrogen-bond donors (Lipinski definition) is 0. The Balaban J connectivity index is 1.94. The number of pyridine rings is 1. The van der Waals surface area contributed by atoms with Crippen molar-refractivity contribution < 1.29 is 8.78 Å². The number of fused-ring (bicyclic) bond motifs is 1. The summed E-state index contributed by atoms with van der Waals surface area (Å²) >= 11 is 0. The topological polar surface area (TPSA) is 25.2 Å². The molecule has 5 heteroatoms. The molecule has 0 atom stereocenters. The molecule has 0 bridgehead atoms. The number of aromatic nitrogens is 1. The van der Waals surface area contributed by atoms with Gasteiger partial charge in [0.05, 0.1) is 5.52 Å². The van der Waals surface area contributed by atoms with Crippen molar-refractivity contribution in [3.8, 4) is 0 Å². The van der Waals surface area contributed by atoms with E-state index in [1.165, 1.54) is 29.2 Å². The van der Waals surface area contributed by atoms with E-state index < -0.39 is 11.6 Å². The van der Waals surface area contributed by atoms with Gasteiger partial charge in [-0.25, -0.2) is 8.78 Å². The molecule has 3 rings (SSSR count). The number of halogens is 2. The normalized spacial score (nSPS) is 16.5. The smallest absolute Gasteiger partial charge is 0.251 e. The maximum Gasteiger partial charge on any atom is 0.251 e. The number of benzene rings is 1. The number of hydrogen-bond acceptors (Lipinski definition) is 2. The summed E-state index contributed by atoms with van der Waals surface area (Å²) in [7, 11) is 0. The van der Waals surface area contributed by atoms with Crippen LogP contribution in [0.15, 0.2) is 29.1 Å². The van der Waals surface area contributed by atoms with Gasteiger partial charge < -0.3 is 9.47 Å². The van der Waals surface area contributed by atoms with E-state index in [9.17, 15) is 13.6 Å². The number of likely N-dealkylation sites (tertiary alicyclic amines) is 1. The zero-order valence-electron chi connectivity index (χ0n) is 11.8. The van der Waals surface area contributed by atoms with Crippen molar-refractivity contribution in [2.45, 2.75) is 25.8 Å². The molecule has 0 spiro atoms. The summed E-state index contributed by atoms with van der Waals surface area (Å²) in [5.74, 6) is -1.86. The van der Waals surface area contributed by atoms with Gasteiger partial charge in [0, 0.05) is 24.5 Å². The molecule has 1 aliphatic heterocycles. The lowest BCUT2D eigenvalue weighted by molar-refractivity contribution is 0.221. The Bertz CT molecular complexity index is 705. The first-order valence-electron chi connectivity index (χ1n) is 7.37. The zero-order valence-corrected chi connectivity index (χ0v) is 11.8. The largest absolute Gasteiger partial charge is 0.304 e. The standard InChI is InChI=1S/C16H18F2N2O/c17-13-6-4-12-5-7-14(21)20(16(12)15(13)18)11-10-19-8-2-1-3-9-19/h4-7H,1-3,8-11H2. The Kier molecular flexibility index (Phi) is 4.01. The second kappa shape index (κ2) is 5.93. The third kappa shape index (κ3) is 2.83. The van der Waals surface area contributed by atoms with E-state index in [1.54, 1.807) is 0 Å². The van der Waals surface area contributed by atoms with E-state index in [4.69, 9.17) is 0 Å². The van der Waals surface area contributed by atoms with Crippen LogP contribution in [0.2, 0.25) is 0 Å². The fourth-order valence-electron chi connectivity index (χ4n) is 2.97. The maximum atomic E-state index is 14.1. The second-order valence-corrected chi connectivity index (χ2v) is 5.52. The van der Waals surface area contributed by atoms with E-state index in [0.717, 1.165) is 32.0 Å². The molecule has 112 valence electrons. The van der Waals surface area contributed by atoms with Gasteiger partial charge in [-0.2, -0.15) is 0 Å². The van der Waals surface area contributed by atoms with Crippen molar-refractivity contribution in [1.82, 2.24) is 9.47 Å². The van der Waals surface area contributed by atoms with Crippen molar-refractivity contribution in [1.29, 1.82) is 0 Å². The minimum Gasteiger partial charge on any atom is -0.304 e. The molecule has 21 heavy (non-hydrogen) atoms. The van der Waals surface area contributed by atoms with E-state index in [2.05, 4.69) is 4.90 Å². The Morgan fingerprint density at radius 2 is 1.67 bits per heavy atom. The van der Waals surface area contributed by atoms with Crippen LogP contribution in [0.4, 0.5) is 8.78 Å². The zero-order chi connectivity index (χ0) is 14.8. The van der Waals surface area contributed by atoms with Crippen LogP contribution in [0.5, 0.6) is 0 Å². The molecule has 1 aromatic carbocycles. The molecule has 0 unspecified atom stereocenters. The quantitative estimate of drug-likeness (QED) is 0.869. The summed E-state index contributed by atoms with van der Waals surface area (Å²) in [6, 6.07) is 5.55. The number of rotatable bonds is 3. The predicted molar refractivity (Wildman–Crippen MR) is 78.4 cm³/mol.